The number of nitrogens with one attached hydrogen (secondary N) is 1. The van der Waals surface area contributed by atoms with Crippen molar-refractivity contribution in [2.75, 3.05) is 0 Å². The minimum Gasteiger partial charge on any atom is -0.277 e. The van der Waals surface area contributed by atoms with Crippen LogP contribution >= 0.6 is 0 Å². The van der Waals surface area contributed by atoms with Crippen molar-refractivity contribution >= 4 is 17.8 Å². The van der Waals surface area contributed by atoms with E-state index in [4.69, 9.17) is 5.21 Å². The molecule has 0 bridgehead atoms. The summed E-state index contributed by atoms with van der Waals surface area (Å²) in [5.41, 5.74) is -1.39. The highest BCUT2D eigenvalue weighted by atomic mass is 16.5. The third-order valence-electron chi connectivity index (χ3n) is 2.68. The Morgan fingerprint density at radius 2 is 1.86 bits per heavy atom. The zero-order valence-corrected chi connectivity index (χ0v) is 8.20. The van der Waals surface area contributed by atoms with E-state index < -0.39 is 23.3 Å². The monoisotopic (exact) mass is 200 g/mol. The summed E-state index contributed by atoms with van der Waals surface area (Å²) in [4.78, 5) is 33.8. The molecule has 1 unspecified atom stereocenters. The molecule has 1 heterocycles. The smallest absolute Gasteiger partial charge is 0.277 e. The average Bonchev–Trinajstić information content (AvgIpc) is 2.11. The van der Waals surface area contributed by atoms with E-state index in [1.807, 2.05) is 5.32 Å². The lowest BCUT2D eigenvalue weighted by molar-refractivity contribution is -0.175. The van der Waals surface area contributed by atoms with Crippen LogP contribution in [-0.4, -0.2) is 28.1 Å². The van der Waals surface area contributed by atoms with Crippen LogP contribution in [0.5, 0.6) is 0 Å². The second-order valence-corrected chi connectivity index (χ2v) is 3.73. The molecular formula is C8H12N2O4. The van der Waals surface area contributed by atoms with Gasteiger partial charge in [0.2, 0.25) is 5.91 Å². The highest BCUT2D eigenvalue weighted by Gasteiger charge is 2.52. The van der Waals surface area contributed by atoms with Crippen molar-refractivity contribution in [2.45, 2.75) is 20.8 Å². The van der Waals surface area contributed by atoms with Crippen LogP contribution < -0.4 is 5.32 Å². The van der Waals surface area contributed by atoms with Crippen molar-refractivity contribution in [3.05, 3.63) is 0 Å². The van der Waals surface area contributed by atoms with E-state index in [9.17, 15) is 14.4 Å². The molecule has 1 rings (SSSR count). The van der Waals surface area contributed by atoms with Gasteiger partial charge in [0.25, 0.3) is 5.91 Å². The van der Waals surface area contributed by atoms with Crippen molar-refractivity contribution in [3.8, 4) is 0 Å². The number of hydrogen-bond donors (Lipinski definition) is 2. The Balaban J connectivity index is 3.13. The Kier molecular flexibility index (Phi) is 2.32. The van der Waals surface area contributed by atoms with Crippen LogP contribution in [-0.2, 0) is 9.59 Å². The summed E-state index contributed by atoms with van der Waals surface area (Å²) in [7, 11) is 0. The molecule has 0 aromatic carbocycles. The Hall–Kier alpha value is -1.43. The quantitative estimate of drug-likeness (QED) is 0.464. The molecule has 0 aromatic rings. The Bertz CT molecular complexity index is 312. The molecule has 0 radical (unpaired) electrons. The second kappa shape index (κ2) is 3.06. The highest BCUT2D eigenvalue weighted by molar-refractivity contribution is 6.18. The number of rotatable bonds is 1. The lowest BCUT2D eigenvalue weighted by atomic mass is 9.76. The summed E-state index contributed by atoms with van der Waals surface area (Å²) in [6.45, 7) is 4.73. The number of amides is 4. The molecule has 1 aliphatic heterocycles. The van der Waals surface area contributed by atoms with Crippen molar-refractivity contribution in [3.63, 3.8) is 0 Å². The van der Waals surface area contributed by atoms with Crippen LogP contribution in [0, 0.1) is 11.3 Å². The fraction of sp³-hybridized carbons (Fsp3) is 0.625. The first-order valence-corrected chi connectivity index (χ1v) is 4.20. The first-order chi connectivity index (χ1) is 6.31. The van der Waals surface area contributed by atoms with Crippen molar-refractivity contribution < 1.29 is 19.6 Å². The van der Waals surface area contributed by atoms with Crippen molar-refractivity contribution in [1.82, 2.24) is 10.4 Å². The summed E-state index contributed by atoms with van der Waals surface area (Å²) >= 11 is 0. The zero-order chi connectivity index (χ0) is 11.1. The van der Waals surface area contributed by atoms with Gasteiger partial charge in [-0.05, 0) is 12.8 Å². The lowest BCUT2D eigenvalue weighted by Gasteiger charge is -2.36. The molecule has 6 nitrogen and oxygen atoms in total. The molecule has 1 atom stereocenters. The number of urea groups is 1. The molecule has 1 saturated heterocycles. The van der Waals surface area contributed by atoms with Crippen LogP contribution in [0.2, 0.25) is 0 Å². The maximum atomic E-state index is 11.5. The maximum absolute atomic E-state index is 11.5. The molecule has 14 heavy (non-hydrogen) atoms. The van der Waals surface area contributed by atoms with E-state index in [2.05, 4.69) is 0 Å². The van der Waals surface area contributed by atoms with Gasteiger partial charge in [0.15, 0.2) is 0 Å². The van der Waals surface area contributed by atoms with Gasteiger partial charge in [-0.3, -0.25) is 20.1 Å². The van der Waals surface area contributed by atoms with Crippen LogP contribution in [0.25, 0.3) is 0 Å². The first kappa shape index (κ1) is 10.6. The molecule has 1 aliphatic rings. The summed E-state index contributed by atoms with van der Waals surface area (Å²) in [6.07, 6.45) is 0. The Morgan fingerprint density at radius 3 is 2.29 bits per heavy atom. The van der Waals surface area contributed by atoms with Gasteiger partial charge in [-0.25, -0.2) is 4.79 Å². The van der Waals surface area contributed by atoms with Crippen molar-refractivity contribution in [2.24, 2.45) is 11.3 Å². The fourth-order valence-corrected chi connectivity index (χ4v) is 1.20. The number of carbonyl (C=O) groups is 3. The van der Waals surface area contributed by atoms with E-state index in [0.717, 1.165) is 0 Å². The molecule has 4 amide bonds. The zero-order valence-electron chi connectivity index (χ0n) is 8.20. The van der Waals surface area contributed by atoms with E-state index in [1.165, 1.54) is 6.92 Å². The summed E-state index contributed by atoms with van der Waals surface area (Å²) in [6, 6.07) is -1.10. The van der Waals surface area contributed by atoms with Gasteiger partial charge in [0, 0.05) is 0 Å². The first-order valence-electron chi connectivity index (χ1n) is 4.20. The average molecular weight is 200 g/mol. The molecule has 0 saturated carbocycles. The molecule has 6 heteroatoms. The third-order valence-corrected chi connectivity index (χ3v) is 2.68. The molecular weight excluding hydrogens is 188 g/mol. The number of nitrogens with zero attached hydrogens (tertiary/aromatic N) is 1. The molecule has 0 aliphatic carbocycles. The van der Waals surface area contributed by atoms with Gasteiger partial charge in [0.1, 0.15) is 5.41 Å². The standard InChI is InChI=1S/C8H12N2O4/c1-4(2)8(3)5(11)9-7(13)10(14)6(8)12/h4,14H,1-3H3,(H,9,11,13). The van der Waals surface area contributed by atoms with Crippen LogP contribution in [0.4, 0.5) is 4.79 Å². The summed E-state index contributed by atoms with van der Waals surface area (Å²) in [5, 5.41) is 10.9. The number of barbiturate groups is 1. The van der Waals surface area contributed by atoms with Crippen LogP contribution in [0.3, 0.4) is 0 Å². The van der Waals surface area contributed by atoms with Crippen LogP contribution in [0.1, 0.15) is 20.8 Å². The van der Waals surface area contributed by atoms with Crippen molar-refractivity contribution in [1.29, 1.82) is 0 Å². The van der Waals surface area contributed by atoms with Gasteiger partial charge in [-0.2, -0.15) is 0 Å². The lowest BCUT2D eigenvalue weighted by Crippen LogP contribution is -2.63. The molecule has 2 N–H and O–H groups in total. The second-order valence-electron chi connectivity index (χ2n) is 3.73. The molecule has 1 fully saturated rings. The summed E-state index contributed by atoms with van der Waals surface area (Å²) in [5.74, 6) is -1.87. The topological polar surface area (TPSA) is 86.7 Å². The number of hydroxylamine groups is 2. The van der Waals surface area contributed by atoms with E-state index >= 15 is 0 Å². The predicted octanol–water partition coefficient (Wildman–Crippen LogP) is 0.116. The maximum Gasteiger partial charge on any atom is 0.355 e. The number of hydrogen-bond acceptors (Lipinski definition) is 4. The molecule has 0 aromatic heterocycles. The largest absolute Gasteiger partial charge is 0.355 e. The van der Waals surface area contributed by atoms with Gasteiger partial charge in [-0.15, -0.1) is 5.06 Å². The predicted molar refractivity (Wildman–Crippen MR) is 45.1 cm³/mol. The van der Waals surface area contributed by atoms with Gasteiger partial charge in [0.05, 0.1) is 0 Å². The minimum atomic E-state index is -1.39. The molecule has 78 valence electrons. The number of carbonyl (C=O) groups excluding carboxylic acids is 3. The van der Waals surface area contributed by atoms with E-state index in [1.54, 1.807) is 13.8 Å². The Morgan fingerprint density at radius 1 is 1.36 bits per heavy atom. The third kappa shape index (κ3) is 1.19. The fourth-order valence-electron chi connectivity index (χ4n) is 1.20. The van der Waals surface area contributed by atoms with Gasteiger partial charge >= 0.3 is 6.03 Å². The van der Waals surface area contributed by atoms with E-state index in [-0.39, 0.29) is 11.0 Å². The highest BCUT2D eigenvalue weighted by Crippen LogP contribution is 2.31. The van der Waals surface area contributed by atoms with Gasteiger partial charge in [-0.1, -0.05) is 13.8 Å². The minimum absolute atomic E-state index is 0.0542. The number of imide groups is 2. The van der Waals surface area contributed by atoms with Gasteiger partial charge < -0.3 is 0 Å². The van der Waals surface area contributed by atoms with E-state index in [0.29, 0.717) is 0 Å². The Labute approximate surface area is 80.8 Å². The SMILES string of the molecule is CC(C)C1(C)C(=O)NC(=O)N(O)C1=O. The molecule has 0 spiro atoms. The normalized spacial score (nSPS) is 28.4. The summed E-state index contributed by atoms with van der Waals surface area (Å²) < 4.78 is 0. The van der Waals surface area contributed by atoms with Crippen LogP contribution in [0.15, 0.2) is 0 Å².